The second-order valence-electron chi connectivity index (χ2n) is 7.55. The fourth-order valence-electron chi connectivity index (χ4n) is 7.57. The summed E-state index contributed by atoms with van der Waals surface area (Å²) < 4.78 is 2.73. The number of aromatic nitrogens is 1. The lowest BCUT2D eigenvalue weighted by Crippen LogP contribution is -2.38. The lowest BCUT2D eigenvalue weighted by molar-refractivity contribution is 1.41. The third-order valence-electron chi connectivity index (χ3n) is 7.56. The number of nitrogens with zero attached hydrogens (tertiary/aromatic N) is 1. The third-order valence-corrected chi connectivity index (χ3v) is 7.56. The van der Waals surface area contributed by atoms with E-state index in [2.05, 4.69) is 4.48 Å². The van der Waals surface area contributed by atoms with Gasteiger partial charge >= 0.3 is 6.85 Å². The molecular formula is C18BN. The minimum atomic E-state index is 0.604. The number of hydrogen-bond acceptors (Lipinski definition) is 0. The smallest absolute Gasteiger partial charge is 0.330 e. The van der Waals surface area contributed by atoms with Gasteiger partial charge < -0.3 is 4.48 Å². The molecule has 3 aliphatic heterocycles. The molecule has 0 radical (unpaired) electrons. The summed E-state index contributed by atoms with van der Waals surface area (Å²) in [5, 5.41) is 23.3. The fraction of sp³-hybridized carbons (Fsp3) is 0. The summed E-state index contributed by atoms with van der Waals surface area (Å²) in [4.78, 5) is 0. The van der Waals surface area contributed by atoms with Crippen LogP contribution in [0, 0.1) is 0 Å². The maximum Gasteiger partial charge on any atom is 0.330 e. The molecule has 4 heterocycles. The minimum absolute atomic E-state index is 0.604. The summed E-state index contributed by atoms with van der Waals surface area (Å²) in [6.45, 7) is 0.604. The Balaban J connectivity index is 2.17. The van der Waals surface area contributed by atoms with E-state index in [-0.39, 0.29) is 0 Å². The van der Waals surface area contributed by atoms with Gasteiger partial charge in [0.05, 0.1) is 0 Å². The van der Waals surface area contributed by atoms with Crippen LogP contribution >= 0.6 is 0 Å². The Bertz CT molecular complexity index is 1500. The van der Waals surface area contributed by atoms with Gasteiger partial charge in [0.25, 0.3) is 0 Å². The molecule has 80 valence electrons. The molecule has 0 bridgehead atoms. The van der Waals surface area contributed by atoms with Gasteiger partial charge in [-0.1, -0.05) is 0 Å². The molecule has 20 heavy (non-hydrogen) atoms. The molecule has 1 nitrogen and oxygen atoms in total. The summed E-state index contributed by atoms with van der Waals surface area (Å²) in [5.74, 6) is 0. The Morgan fingerprint density at radius 3 is 1.35 bits per heavy atom. The minimum Gasteiger partial charge on any atom is -0.375 e. The van der Waals surface area contributed by atoms with Gasteiger partial charge in [-0.05, 0) is 37.9 Å². The quantitative estimate of drug-likeness (QED) is 0.360. The summed E-state index contributed by atoms with van der Waals surface area (Å²) in [6, 6.07) is 0. The van der Waals surface area contributed by atoms with Crippen molar-refractivity contribution < 1.29 is 0 Å². The number of hydrogen-bond donors (Lipinski definition) is 0. The first kappa shape index (κ1) is 6.32. The van der Waals surface area contributed by atoms with Crippen LogP contribution in [0.2, 0.25) is 0 Å². The Hall–Kier alpha value is -2.48. The van der Waals surface area contributed by atoms with Gasteiger partial charge in [0.2, 0.25) is 0 Å². The van der Waals surface area contributed by atoms with Crippen molar-refractivity contribution in [1.29, 1.82) is 0 Å². The number of rotatable bonds is 0. The molecule has 1 aromatic heterocycles. The van der Waals surface area contributed by atoms with E-state index in [1.165, 1.54) is 0 Å². The van der Waals surface area contributed by atoms with Gasteiger partial charge in [-0.2, -0.15) is 0 Å². The van der Waals surface area contributed by atoms with Crippen LogP contribution < -0.4 is 10.9 Å². The van der Waals surface area contributed by atoms with Gasteiger partial charge in [0.1, 0.15) is 0 Å². The van der Waals surface area contributed by atoms with Gasteiger partial charge in [0, 0.05) is 59.5 Å². The molecule has 3 aliphatic rings. The zero-order chi connectivity index (χ0) is 11.5. The van der Waals surface area contributed by atoms with E-state index in [0.29, 0.717) is 6.85 Å². The summed E-state index contributed by atoms with van der Waals surface area (Å²) in [6.07, 6.45) is 0. The van der Waals surface area contributed by atoms with Gasteiger partial charge in [-0.25, -0.2) is 0 Å². The predicted molar refractivity (Wildman–Crippen MR) is 85.6 cm³/mol. The molecular weight excluding hydrogens is 241 g/mol. The van der Waals surface area contributed by atoms with Crippen molar-refractivity contribution >= 4 is 104 Å². The van der Waals surface area contributed by atoms with E-state index in [1.54, 1.807) is 97.4 Å². The molecule has 2 heteroatoms. The van der Waals surface area contributed by atoms with Gasteiger partial charge in [0.15, 0.2) is 0 Å². The van der Waals surface area contributed by atoms with E-state index in [0.717, 1.165) is 0 Å². The zero-order valence-electron chi connectivity index (χ0n) is 10.0. The van der Waals surface area contributed by atoms with Crippen molar-refractivity contribution in [2.24, 2.45) is 0 Å². The summed E-state index contributed by atoms with van der Waals surface area (Å²) in [7, 11) is 0. The van der Waals surface area contributed by atoms with E-state index in [4.69, 9.17) is 0 Å². The van der Waals surface area contributed by atoms with Gasteiger partial charge in [-0.3, -0.25) is 0 Å². The topological polar surface area (TPSA) is 4.93 Å². The Labute approximate surface area is 109 Å². The van der Waals surface area contributed by atoms with Crippen LogP contribution in [0.25, 0.3) is 86.4 Å². The predicted octanol–water partition coefficient (Wildman–Crippen LogP) is 2.93. The molecule has 9 aromatic rings. The van der Waals surface area contributed by atoms with Gasteiger partial charge in [-0.15, -0.1) is 0 Å². The van der Waals surface area contributed by atoms with Crippen LogP contribution in [0.15, 0.2) is 0 Å². The largest absolute Gasteiger partial charge is 0.375 e. The second kappa shape index (κ2) is 1.20. The van der Waals surface area contributed by atoms with Crippen molar-refractivity contribution in [3.05, 3.63) is 0 Å². The van der Waals surface area contributed by atoms with Crippen molar-refractivity contribution in [2.45, 2.75) is 0 Å². The summed E-state index contributed by atoms with van der Waals surface area (Å²) >= 11 is 0. The van der Waals surface area contributed by atoms with E-state index in [1.807, 2.05) is 0 Å². The first-order valence-electron chi connectivity index (χ1n) is 7.53. The van der Waals surface area contributed by atoms with Crippen molar-refractivity contribution in [3.63, 3.8) is 0 Å². The van der Waals surface area contributed by atoms with Crippen LogP contribution in [0.5, 0.6) is 0 Å². The summed E-state index contributed by atoms with van der Waals surface area (Å²) in [5.41, 5.74) is 6.67. The normalized spacial score (nSPS) is 18.9. The molecule has 0 fully saturated rings. The van der Waals surface area contributed by atoms with Crippen LogP contribution in [0.4, 0.5) is 0 Å². The monoisotopic (exact) mass is 241 g/mol. The molecule has 0 atom stereocenters. The van der Waals surface area contributed by atoms with E-state index in [9.17, 15) is 0 Å². The zero-order valence-corrected chi connectivity index (χ0v) is 10.0. The average Bonchev–Trinajstić information content (AvgIpc) is 3.07. The highest BCUT2D eigenvalue weighted by Gasteiger charge is 2.55. The lowest BCUT2D eigenvalue weighted by atomic mass is 9.55. The molecule has 8 aromatic carbocycles. The first-order valence-corrected chi connectivity index (χ1v) is 7.53. The fourth-order valence-corrected chi connectivity index (χ4v) is 7.57. The van der Waals surface area contributed by atoms with Crippen LogP contribution in [-0.4, -0.2) is 11.3 Å². The third kappa shape index (κ3) is 0.237. The molecule has 12 rings (SSSR count). The highest BCUT2D eigenvalue weighted by molar-refractivity contribution is 7.04. The van der Waals surface area contributed by atoms with Crippen LogP contribution in [-0.2, 0) is 0 Å². The molecule has 0 saturated carbocycles. The molecule has 0 aliphatic carbocycles. The SMILES string of the molecule is B12c3c4c5c1c1c6c5c5c4c4c3c3c7c4c5c6c7c1n32. The van der Waals surface area contributed by atoms with Crippen LogP contribution in [0.1, 0.15) is 0 Å². The second-order valence-corrected chi connectivity index (χ2v) is 7.55. The molecule has 0 unspecified atom stereocenters. The first-order chi connectivity index (χ1) is 10.0. The molecule has 0 spiro atoms. The average molecular weight is 241 g/mol. The van der Waals surface area contributed by atoms with E-state index < -0.39 is 0 Å². The maximum absolute atomic E-state index is 2.73. The van der Waals surface area contributed by atoms with Crippen LogP contribution in [0.3, 0.4) is 0 Å². The van der Waals surface area contributed by atoms with E-state index >= 15 is 0 Å². The molecule has 0 amide bonds. The highest BCUT2D eigenvalue weighted by Crippen LogP contribution is 2.69. The standard InChI is InChI=1S/C18BN/c1-2-5-7-3(1)9-10-4(1)8-6(2)12-11(5)17-13(7)15(9)19-16(10)14(8)18(12)20(17)19. The lowest BCUT2D eigenvalue weighted by Gasteiger charge is -2.02. The maximum atomic E-state index is 2.73. The molecule has 0 N–H and O–H groups in total. The van der Waals surface area contributed by atoms with Crippen molar-refractivity contribution in [1.82, 2.24) is 4.48 Å². The molecule has 0 saturated heterocycles. The Morgan fingerprint density at radius 2 is 0.800 bits per heavy atom. The van der Waals surface area contributed by atoms with Crippen molar-refractivity contribution in [2.75, 3.05) is 0 Å². The van der Waals surface area contributed by atoms with Crippen molar-refractivity contribution in [3.8, 4) is 0 Å². The Kier molecular flexibility index (Phi) is 0.380. The highest BCUT2D eigenvalue weighted by atomic mass is 15.0. The Morgan fingerprint density at radius 1 is 0.400 bits per heavy atom.